The van der Waals surface area contributed by atoms with Crippen LogP contribution in [0.2, 0.25) is 0 Å². The van der Waals surface area contributed by atoms with Gasteiger partial charge in [0.25, 0.3) is 0 Å². The van der Waals surface area contributed by atoms with Gasteiger partial charge < -0.3 is 21.1 Å². The second-order valence-corrected chi connectivity index (χ2v) is 8.94. The maximum Gasteiger partial charge on any atom is 0.433 e. The molecule has 14 heteroatoms. The molecule has 1 aromatic carbocycles. The van der Waals surface area contributed by atoms with Gasteiger partial charge in [0.1, 0.15) is 5.69 Å². The van der Waals surface area contributed by atoms with Crippen LogP contribution in [0.3, 0.4) is 0 Å². The Labute approximate surface area is 207 Å². The maximum absolute atomic E-state index is 13.5. The highest BCUT2D eigenvalue weighted by Gasteiger charge is 2.40. The highest BCUT2D eigenvalue weighted by molar-refractivity contribution is 5.88. The number of rotatable bonds is 8. The zero-order chi connectivity index (χ0) is 27.0. The number of nitrogens with zero attached hydrogens (tertiary/aromatic N) is 2. The molecule has 202 valence electrons. The Morgan fingerprint density at radius 1 is 1.03 bits per heavy atom. The Bertz CT molecular complexity index is 1150. The van der Waals surface area contributed by atoms with Crippen molar-refractivity contribution in [2.24, 2.45) is 0 Å². The molecule has 1 aromatic heterocycles. The Hall–Kier alpha value is -2.97. The largest absolute Gasteiger partial charge is 0.433 e. The Balaban J connectivity index is 1.52. The molecule has 3 heterocycles. The van der Waals surface area contributed by atoms with Gasteiger partial charge in [-0.25, -0.2) is 4.98 Å². The molecule has 2 aliphatic heterocycles. The first-order valence-electron chi connectivity index (χ1n) is 11.7. The van der Waals surface area contributed by atoms with E-state index in [1.54, 1.807) is 4.90 Å². The third-order valence-corrected chi connectivity index (χ3v) is 6.55. The maximum atomic E-state index is 13.5. The molecule has 0 aliphatic carbocycles. The number of carbonyl (C=O) groups is 2. The summed E-state index contributed by atoms with van der Waals surface area (Å²) in [6, 6.07) is 2.37. The van der Waals surface area contributed by atoms with Crippen molar-refractivity contribution >= 4 is 22.7 Å². The molecule has 3 unspecified atom stereocenters. The minimum Gasteiger partial charge on any atom is -0.387 e. The number of aliphatic hydroxyl groups is 1. The Kier molecular flexibility index (Phi) is 7.62. The van der Waals surface area contributed by atoms with Crippen molar-refractivity contribution in [1.82, 2.24) is 25.8 Å². The summed E-state index contributed by atoms with van der Waals surface area (Å²) in [5, 5.41) is 18.8. The van der Waals surface area contributed by atoms with E-state index in [1.807, 2.05) is 0 Å². The fourth-order valence-electron chi connectivity index (χ4n) is 4.80. The van der Waals surface area contributed by atoms with Crippen molar-refractivity contribution in [2.75, 3.05) is 32.7 Å². The van der Waals surface area contributed by atoms with Crippen LogP contribution in [0.1, 0.15) is 35.8 Å². The molecule has 3 atom stereocenters. The molecule has 0 saturated carbocycles. The first-order valence-corrected chi connectivity index (χ1v) is 11.7. The zero-order valence-corrected chi connectivity index (χ0v) is 19.4. The van der Waals surface area contributed by atoms with Gasteiger partial charge in [-0.15, -0.1) is 0 Å². The van der Waals surface area contributed by atoms with Crippen molar-refractivity contribution in [3.63, 3.8) is 0 Å². The van der Waals surface area contributed by atoms with Crippen LogP contribution in [-0.4, -0.2) is 71.6 Å². The van der Waals surface area contributed by atoms with Gasteiger partial charge in [-0.3, -0.25) is 14.5 Å². The van der Waals surface area contributed by atoms with Crippen LogP contribution in [-0.2, 0) is 21.9 Å². The number of amides is 2. The van der Waals surface area contributed by atoms with E-state index in [0.717, 1.165) is 6.07 Å². The highest BCUT2D eigenvalue weighted by Crippen LogP contribution is 2.38. The number of benzene rings is 1. The summed E-state index contributed by atoms with van der Waals surface area (Å²) in [5.74, 6) is -0.411. The number of carbonyl (C=O) groups excluding carboxylic acids is 2. The number of nitrogens with one attached hydrogen (secondary N) is 3. The summed E-state index contributed by atoms with van der Waals surface area (Å²) in [6.45, 7) is 1.04. The summed E-state index contributed by atoms with van der Waals surface area (Å²) in [5.41, 5.74) is -4.13. The van der Waals surface area contributed by atoms with Crippen LogP contribution in [0.4, 0.5) is 26.3 Å². The van der Waals surface area contributed by atoms with E-state index >= 15 is 0 Å². The van der Waals surface area contributed by atoms with Crippen molar-refractivity contribution < 1.29 is 41.0 Å². The van der Waals surface area contributed by atoms with E-state index in [4.69, 9.17) is 0 Å². The van der Waals surface area contributed by atoms with Gasteiger partial charge in [0, 0.05) is 38.1 Å². The molecule has 2 aromatic rings. The van der Waals surface area contributed by atoms with Crippen molar-refractivity contribution in [3.8, 4) is 0 Å². The number of pyridine rings is 1. The van der Waals surface area contributed by atoms with E-state index in [0.29, 0.717) is 38.1 Å². The van der Waals surface area contributed by atoms with Crippen molar-refractivity contribution in [1.29, 1.82) is 0 Å². The quantitative estimate of drug-likeness (QED) is 0.306. The third kappa shape index (κ3) is 5.80. The van der Waals surface area contributed by atoms with Gasteiger partial charge >= 0.3 is 12.4 Å². The van der Waals surface area contributed by atoms with Gasteiger partial charge in [0.2, 0.25) is 11.8 Å². The molecule has 37 heavy (non-hydrogen) atoms. The topological polar surface area (TPSA) is 107 Å². The summed E-state index contributed by atoms with van der Waals surface area (Å²) in [4.78, 5) is 29.4. The van der Waals surface area contributed by atoms with Crippen LogP contribution < -0.4 is 16.0 Å². The van der Waals surface area contributed by atoms with Gasteiger partial charge in [-0.1, -0.05) is 12.1 Å². The number of hydrogen-bond acceptors (Lipinski definition) is 6. The fraction of sp³-hybridized carbons (Fsp3) is 0.522. The molecule has 2 aliphatic rings. The van der Waals surface area contributed by atoms with Gasteiger partial charge in [-0.05, 0) is 30.5 Å². The molecule has 4 N–H and O–H groups in total. The van der Waals surface area contributed by atoms with Crippen molar-refractivity contribution in [3.05, 3.63) is 41.1 Å². The van der Waals surface area contributed by atoms with Crippen LogP contribution in [0.5, 0.6) is 0 Å². The molecule has 2 amide bonds. The van der Waals surface area contributed by atoms with Crippen LogP contribution in [0, 0.1) is 0 Å². The molecule has 4 rings (SSSR count). The molecule has 8 nitrogen and oxygen atoms in total. The first kappa shape index (κ1) is 27.1. The first-order chi connectivity index (χ1) is 17.4. The normalized spacial score (nSPS) is 21.5. The second-order valence-electron chi connectivity index (χ2n) is 8.94. The lowest BCUT2D eigenvalue weighted by Gasteiger charge is -2.31. The summed E-state index contributed by atoms with van der Waals surface area (Å²) >= 11 is 0. The Morgan fingerprint density at radius 2 is 1.65 bits per heavy atom. The van der Waals surface area contributed by atoms with Crippen LogP contribution >= 0.6 is 0 Å². The minimum atomic E-state index is -5.03. The van der Waals surface area contributed by atoms with Crippen LogP contribution in [0.15, 0.2) is 24.3 Å². The standard InChI is InChI=1S/C23H25F6N5O3/c24-22(25,26)14-3-1-2-12-13(10-18(23(27,28)29)33-19(12)14)17(35)11-30-8-9-34(15-4-6-31-20(15)36)16-5-7-32-21(16)37/h1-3,10,15-17,30,35H,4-9,11H2,(H,31,36)(H,32,37). The average molecular weight is 533 g/mol. The number of fused-ring (bicyclic) bond motifs is 1. The third-order valence-electron chi connectivity index (χ3n) is 6.55. The number of para-hydroxylation sites is 1. The predicted octanol–water partition coefficient (Wildman–Crippen LogP) is 1.97. The number of halogens is 6. The van der Waals surface area contributed by atoms with Crippen molar-refractivity contribution in [2.45, 2.75) is 43.4 Å². The number of alkyl halides is 6. The minimum absolute atomic E-state index is 0.160. The van der Waals surface area contributed by atoms with E-state index in [2.05, 4.69) is 20.9 Å². The van der Waals surface area contributed by atoms with E-state index < -0.39 is 47.3 Å². The lowest BCUT2D eigenvalue weighted by molar-refractivity contribution is -0.142. The summed E-state index contributed by atoms with van der Waals surface area (Å²) < 4.78 is 80.7. The lowest BCUT2D eigenvalue weighted by atomic mass is 9.99. The van der Waals surface area contributed by atoms with Crippen LogP contribution in [0.25, 0.3) is 10.9 Å². The molecule has 2 fully saturated rings. The number of hydrogen-bond donors (Lipinski definition) is 4. The zero-order valence-electron chi connectivity index (χ0n) is 19.4. The molecule has 0 bridgehead atoms. The average Bonchev–Trinajstić information content (AvgIpc) is 3.44. The predicted molar refractivity (Wildman–Crippen MR) is 119 cm³/mol. The molecule has 0 radical (unpaired) electrons. The number of aromatic nitrogens is 1. The molecular weight excluding hydrogens is 508 g/mol. The summed E-state index contributed by atoms with van der Waals surface area (Å²) in [7, 11) is 0. The van der Waals surface area contributed by atoms with Gasteiger partial charge in [0.05, 0.1) is 29.3 Å². The lowest BCUT2D eigenvalue weighted by Crippen LogP contribution is -2.52. The smallest absolute Gasteiger partial charge is 0.387 e. The second kappa shape index (κ2) is 10.4. The molecule has 2 saturated heterocycles. The fourth-order valence-corrected chi connectivity index (χ4v) is 4.80. The van der Waals surface area contributed by atoms with E-state index in [9.17, 15) is 41.0 Å². The van der Waals surface area contributed by atoms with Gasteiger partial charge in [-0.2, -0.15) is 26.3 Å². The highest BCUT2D eigenvalue weighted by atomic mass is 19.4. The monoisotopic (exact) mass is 533 g/mol. The summed E-state index contributed by atoms with van der Waals surface area (Å²) in [6.07, 6.45) is -10.5. The molecular formula is C23H25F6N5O3. The Morgan fingerprint density at radius 3 is 2.16 bits per heavy atom. The van der Waals surface area contributed by atoms with Gasteiger partial charge in [0.15, 0.2) is 0 Å². The van der Waals surface area contributed by atoms with E-state index in [-0.39, 0.29) is 42.4 Å². The SMILES string of the molecule is O=C1NCCC1N(CCNCC(O)c1cc(C(F)(F)F)nc2c(C(F)(F)F)cccc12)C1CCNC1=O. The van der Waals surface area contributed by atoms with E-state index in [1.165, 1.54) is 6.07 Å². The number of aliphatic hydroxyl groups excluding tert-OH is 1. The molecule has 0 spiro atoms.